The number of rotatable bonds is 8. The first-order chi connectivity index (χ1) is 9.00. The van der Waals surface area contributed by atoms with Gasteiger partial charge in [-0.2, -0.15) is 0 Å². The highest BCUT2D eigenvalue weighted by Gasteiger charge is 2.30. The molecule has 2 N–H and O–H groups in total. The number of aliphatic hydroxyl groups is 1. The fourth-order valence-electron chi connectivity index (χ4n) is 2.93. The summed E-state index contributed by atoms with van der Waals surface area (Å²) in [7, 11) is 0. The predicted octanol–water partition coefficient (Wildman–Crippen LogP) is 2.39. The summed E-state index contributed by atoms with van der Waals surface area (Å²) in [6.07, 6.45) is 5.57. The molecule has 2 unspecified atom stereocenters. The third-order valence-electron chi connectivity index (χ3n) is 3.83. The molecule has 1 amide bonds. The van der Waals surface area contributed by atoms with Crippen molar-refractivity contribution < 1.29 is 14.6 Å². The standard InChI is InChI=1S/C15H29NO3/c1-4-8-15(18,9-5-2)11-14(17)16-12(3)13-7-6-10-19-13/h12-13,18H,4-11H2,1-3H3,(H,16,17). The predicted molar refractivity (Wildman–Crippen MR) is 76.0 cm³/mol. The minimum Gasteiger partial charge on any atom is -0.389 e. The van der Waals surface area contributed by atoms with Crippen LogP contribution in [-0.4, -0.2) is 35.4 Å². The van der Waals surface area contributed by atoms with E-state index in [9.17, 15) is 9.90 Å². The minimum atomic E-state index is -0.843. The topological polar surface area (TPSA) is 58.6 Å². The van der Waals surface area contributed by atoms with Gasteiger partial charge in [-0.3, -0.25) is 4.79 Å². The van der Waals surface area contributed by atoms with Gasteiger partial charge in [0.25, 0.3) is 0 Å². The molecule has 1 heterocycles. The van der Waals surface area contributed by atoms with Crippen molar-refractivity contribution in [3.63, 3.8) is 0 Å². The maximum Gasteiger partial charge on any atom is 0.223 e. The summed E-state index contributed by atoms with van der Waals surface area (Å²) in [6.45, 7) is 6.84. The largest absolute Gasteiger partial charge is 0.389 e. The molecule has 0 saturated carbocycles. The fraction of sp³-hybridized carbons (Fsp3) is 0.933. The van der Waals surface area contributed by atoms with Gasteiger partial charge in [-0.25, -0.2) is 0 Å². The average molecular weight is 271 g/mol. The molecule has 4 nitrogen and oxygen atoms in total. The lowest BCUT2D eigenvalue weighted by atomic mass is 9.89. The van der Waals surface area contributed by atoms with E-state index in [0.717, 1.165) is 32.3 Å². The van der Waals surface area contributed by atoms with Crippen LogP contribution in [-0.2, 0) is 9.53 Å². The first kappa shape index (κ1) is 16.4. The third-order valence-corrected chi connectivity index (χ3v) is 3.83. The number of hydrogen-bond donors (Lipinski definition) is 2. The van der Waals surface area contributed by atoms with Crippen LogP contribution >= 0.6 is 0 Å². The highest BCUT2D eigenvalue weighted by atomic mass is 16.5. The van der Waals surface area contributed by atoms with Crippen LogP contribution in [0, 0.1) is 0 Å². The van der Waals surface area contributed by atoms with Crippen molar-refractivity contribution in [1.29, 1.82) is 0 Å². The summed E-state index contributed by atoms with van der Waals surface area (Å²) in [4.78, 5) is 12.0. The van der Waals surface area contributed by atoms with E-state index in [4.69, 9.17) is 4.74 Å². The zero-order chi connectivity index (χ0) is 14.3. The molecule has 0 aromatic heterocycles. The molecule has 0 aromatic carbocycles. The summed E-state index contributed by atoms with van der Waals surface area (Å²) in [5.41, 5.74) is -0.843. The van der Waals surface area contributed by atoms with Crippen molar-refractivity contribution in [3.8, 4) is 0 Å². The Labute approximate surface area is 116 Å². The van der Waals surface area contributed by atoms with Crippen molar-refractivity contribution in [2.24, 2.45) is 0 Å². The lowest BCUT2D eigenvalue weighted by molar-refractivity contribution is -0.128. The second-order valence-corrected chi connectivity index (χ2v) is 5.81. The van der Waals surface area contributed by atoms with Crippen LogP contribution in [0.2, 0.25) is 0 Å². The first-order valence-corrected chi connectivity index (χ1v) is 7.64. The Bertz CT molecular complexity index is 269. The molecule has 0 aliphatic carbocycles. The van der Waals surface area contributed by atoms with Crippen LogP contribution in [0.3, 0.4) is 0 Å². The van der Waals surface area contributed by atoms with E-state index in [1.807, 2.05) is 20.8 Å². The zero-order valence-electron chi connectivity index (χ0n) is 12.6. The molecular weight excluding hydrogens is 242 g/mol. The van der Waals surface area contributed by atoms with E-state index in [0.29, 0.717) is 12.8 Å². The minimum absolute atomic E-state index is 0.0301. The van der Waals surface area contributed by atoms with Gasteiger partial charge in [-0.05, 0) is 32.6 Å². The molecule has 0 radical (unpaired) electrons. The molecule has 19 heavy (non-hydrogen) atoms. The highest BCUT2D eigenvalue weighted by Crippen LogP contribution is 2.24. The molecule has 0 bridgehead atoms. The van der Waals surface area contributed by atoms with E-state index >= 15 is 0 Å². The van der Waals surface area contributed by atoms with Gasteiger partial charge in [0.2, 0.25) is 5.91 Å². The van der Waals surface area contributed by atoms with Crippen LogP contribution in [0.5, 0.6) is 0 Å². The zero-order valence-corrected chi connectivity index (χ0v) is 12.6. The molecule has 4 heteroatoms. The normalized spacial score (nSPS) is 21.4. The second-order valence-electron chi connectivity index (χ2n) is 5.81. The van der Waals surface area contributed by atoms with Gasteiger partial charge in [-0.1, -0.05) is 26.7 Å². The number of nitrogens with one attached hydrogen (secondary N) is 1. The van der Waals surface area contributed by atoms with Crippen LogP contribution in [0.4, 0.5) is 0 Å². The second kappa shape index (κ2) is 7.85. The molecule has 1 saturated heterocycles. The Balaban J connectivity index is 2.42. The lowest BCUT2D eigenvalue weighted by Crippen LogP contribution is -2.44. The van der Waals surface area contributed by atoms with E-state index in [1.54, 1.807) is 0 Å². The fourth-order valence-corrected chi connectivity index (χ4v) is 2.93. The summed E-state index contributed by atoms with van der Waals surface area (Å²) in [5, 5.41) is 13.4. The van der Waals surface area contributed by atoms with Gasteiger partial charge in [0.05, 0.1) is 24.2 Å². The maximum absolute atomic E-state index is 12.0. The quantitative estimate of drug-likeness (QED) is 0.712. The Hall–Kier alpha value is -0.610. The molecule has 0 aromatic rings. The monoisotopic (exact) mass is 271 g/mol. The van der Waals surface area contributed by atoms with Gasteiger partial charge in [0.1, 0.15) is 0 Å². The van der Waals surface area contributed by atoms with Crippen molar-refractivity contribution in [3.05, 3.63) is 0 Å². The van der Waals surface area contributed by atoms with Crippen LogP contribution < -0.4 is 5.32 Å². The summed E-state index contributed by atoms with van der Waals surface area (Å²) < 4.78 is 5.56. The number of carbonyl (C=O) groups excluding carboxylic acids is 1. The van der Waals surface area contributed by atoms with Crippen molar-refractivity contribution in [1.82, 2.24) is 5.32 Å². The Morgan fingerprint density at radius 2 is 2.05 bits per heavy atom. The van der Waals surface area contributed by atoms with E-state index in [-0.39, 0.29) is 24.5 Å². The number of hydrogen-bond acceptors (Lipinski definition) is 3. The van der Waals surface area contributed by atoms with Crippen LogP contribution in [0.1, 0.15) is 65.7 Å². The highest BCUT2D eigenvalue weighted by molar-refractivity contribution is 5.77. The number of ether oxygens (including phenoxy) is 1. The van der Waals surface area contributed by atoms with Crippen molar-refractivity contribution >= 4 is 5.91 Å². The van der Waals surface area contributed by atoms with Gasteiger partial charge >= 0.3 is 0 Å². The van der Waals surface area contributed by atoms with Crippen molar-refractivity contribution in [2.45, 2.75) is 83.5 Å². The van der Waals surface area contributed by atoms with Gasteiger partial charge in [-0.15, -0.1) is 0 Å². The first-order valence-electron chi connectivity index (χ1n) is 7.64. The average Bonchev–Trinajstić information content (AvgIpc) is 2.81. The summed E-state index contributed by atoms with van der Waals surface area (Å²) >= 11 is 0. The summed E-state index contributed by atoms with van der Waals surface area (Å²) in [6, 6.07) is 0.0301. The van der Waals surface area contributed by atoms with Gasteiger partial charge < -0.3 is 15.2 Å². The van der Waals surface area contributed by atoms with E-state index in [2.05, 4.69) is 5.32 Å². The smallest absolute Gasteiger partial charge is 0.223 e. The molecule has 112 valence electrons. The van der Waals surface area contributed by atoms with Gasteiger partial charge in [0, 0.05) is 6.61 Å². The van der Waals surface area contributed by atoms with Crippen LogP contribution in [0.25, 0.3) is 0 Å². The number of amides is 1. The SMILES string of the molecule is CCCC(O)(CCC)CC(=O)NC(C)C1CCCO1. The van der Waals surface area contributed by atoms with Crippen LogP contribution in [0.15, 0.2) is 0 Å². The number of carbonyl (C=O) groups is 1. The molecular formula is C15H29NO3. The maximum atomic E-state index is 12.0. The van der Waals surface area contributed by atoms with E-state index in [1.165, 1.54) is 0 Å². The van der Waals surface area contributed by atoms with Crippen molar-refractivity contribution in [2.75, 3.05) is 6.61 Å². The molecule has 1 fully saturated rings. The molecule has 2 atom stereocenters. The Morgan fingerprint density at radius 1 is 1.42 bits per heavy atom. The van der Waals surface area contributed by atoms with Gasteiger partial charge in [0.15, 0.2) is 0 Å². The molecule has 1 aliphatic heterocycles. The summed E-state index contributed by atoms with van der Waals surface area (Å²) in [5.74, 6) is -0.0626. The Kier molecular flexibility index (Phi) is 6.80. The molecule has 1 aliphatic rings. The Morgan fingerprint density at radius 3 is 2.53 bits per heavy atom. The lowest BCUT2D eigenvalue weighted by Gasteiger charge is -2.28. The molecule has 1 rings (SSSR count). The van der Waals surface area contributed by atoms with E-state index < -0.39 is 5.60 Å². The third kappa shape index (κ3) is 5.49. The molecule has 0 spiro atoms.